The molecule has 4 aromatic rings. The molecular formula is C43H47N3O6S2. The van der Waals surface area contributed by atoms with E-state index in [4.69, 9.17) is 4.74 Å². The summed E-state index contributed by atoms with van der Waals surface area (Å²) < 4.78 is 35.2. The normalized spacial score (nSPS) is 27.6. The maximum Gasteiger partial charge on any atom is 0.274 e. The Morgan fingerprint density at radius 1 is 0.963 bits per heavy atom. The first-order chi connectivity index (χ1) is 26.0. The number of nitrogens with zero attached hydrogens (tertiary/aromatic N) is 2. The van der Waals surface area contributed by atoms with Gasteiger partial charge in [-0.25, -0.2) is 13.4 Å². The maximum atomic E-state index is 14.8. The van der Waals surface area contributed by atoms with Gasteiger partial charge in [-0.05, 0) is 86.6 Å². The minimum atomic E-state index is -3.89. The van der Waals surface area contributed by atoms with Crippen LogP contribution in [0.15, 0.2) is 91.0 Å². The van der Waals surface area contributed by atoms with E-state index in [1.165, 1.54) is 11.3 Å². The third-order valence-corrected chi connectivity index (χ3v) is 15.1. The highest BCUT2D eigenvalue weighted by Crippen LogP contribution is 2.57. The molecule has 3 aromatic carbocycles. The largest absolute Gasteiger partial charge is 0.465 e. The van der Waals surface area contributed by atoms with E-state index in [1.54, 1.807) is 11.8 Å². The van der Waals surface area contributed by atoms with E-state index in [-0.39, 0.29) is 42.9 Å². The van der Waals surface area contributed by atoms with Gasteiger partial charge in [-0.2, -0.15) is 0 Å². The number of hydrogen-bond donors (Lipinski definition) is 1. The number of aromatic nitrogens is 1. The van der Waals surface area contributed by atoms with Crippen molar-refractivity contribution in [3.05, 3.63) is 96.6 Å². The van der Waals surface area contributed by atoms with Crippen LogP contribution < -0.4 is 9.46 Å². The van der Waals surface area contributed by atoms with Gasteiger partial charge in [0, 0.05) is 18.8 Å². The molecular weight excluding hydrogens is 719 g/mol. The number of nitrogens with one attached hydrogen (secondary N) is 1. The molecule has 1 saturated heterocycles. The Morgan fingerprint density at radius 3 is 2.46 bits per heavy atom. The number of hydrogen-bond acceptors (Lipinski definition) is 8. The molecule has 2 amide bonds. The lowest BCUT2D eigenvalue weighted by molar-refractivity contribution is -0.142. The average molecular weight is 766 g/mol. The first-order valence-electron chi connectivity index (χ1n) is 19.3. The van der Waals surface area contributed by atoms with E-state index in [9.17, 15) is 22.8 Å². The number of Topliss-reactive ketones (excluding diaryl/α,β-unsaturated/α-hetero) is 1. The molecule has 3 heterocycles. The van der Waals surface area contributed by atoms with Gasteiger partial charge < -0.3 is 9.64 Å². The van der Waals surface area contributed by atoms with E-state index in [1.807, 2.05) is 48.5 Å². The van der Waals surface area contributed by atoms with Gasteiger partial charge in [-0.1, -0.05) is 103 Å². The quantitative estimate of drug-likeness (QED) is 0.183. The zero-order chi connectivity index (χ0) is 37.5. The van der Waals surface area contributed by atoms with Crippen LogP contribution in [0, 0.1) is 17.3 Å². The van der Waals surface area contributed by atoms with Crippen LogP contribution in [0.4, 0.5) is 0 Å². The average Bonchev–Trinajstić information content (AvgIpc) is 3.98. The Hall–Kier alpha value is -4.35. The van der Waals surface area contributed by atoms with Crippen LogP contribution >= 0.6 is 11.3 Å². The smallest absolute Gasteiger partial charge is 0.274 e. The molecule has 1 N–H and O–H groups in total. The fourth-order valence-corrected chi connectivity index (χ4v) is 10.4. The summed E-state index contributed by atoms with van der Waals surface area (Å²) in [7, 11) is -3.89. The Bertz CT molecular complexity index is 2150. The molecule has 0 spiro atoms. The van der Waals surface area contributed by atoms with E-state index >= 15 is 0 Å². The number of carbonyl (C=O) groups is 3. The number of para-hydroxylation sites is 1. The molecule has 0 radical (unpaired) electrons. The van der Waals surface area contributed by atoms with E-state index in [0.29, 0.717) is 37.3 Å². The fraction of sp³-hybridized carbons (Fsp3) is 0.442. The van der Waals surface area contributed by atoms with Crippen LogP contribution in [0.5, 0.6) is 5.19 Å². The predicted molar refractivity (Wildman–Crippen MR) is 210 cm³/mol. The van der Waals surface area contributed by atoms with Gasteiger partial charge >= 0.3 is 0 Å². The summed E-state index contributed by atoms with van der Waals surface area (Å²) in [4.78, 5) is 49.6. The molecule has 5 atom stereocenters. The van der Waals surface area contributed by atoms with Gasteiger partial charge in [0.05, 0.1) is 33.0 Å². The third-order valence-electron chi connectivity index (χ3n) is 12.0. The molecule has 3 fully saturated rings. The number of sulfonamides is 1. The minimum Gasteiger partial charge on any atom is -0.465 e. The predicted octanol–water partition coefficient (Wildman–Crippen LogP) is 7.65. The zero-order valence-corrected chi connectivity index (χ0v) is 32.2. The van der Waals surface area contributed by atoms with Gasteiger partial charge in [-0.15, -0.1) is 0 Å². The number of carbonyl (C=O) groups excluding carboxylic acids is 3. The molecule has 2 aliphatic heterocycles. The second-order valence-corrected chi connectivity index (χ2v) is 19.1. The Labute approximate surface area is 321 Å². The second-order valence-electron chi connectivity index (χ2n) is 16.0. The van der Waals surface area contributed by atoms with Crippen molar-refractivity contribution in [2.75, 3.05) is 6.54 Å². The summed E-state index contributed by atoms with van der Waals surface area (Å²) in [6, 6.07) is 25.5. The van der Waals surface area contributed by atoms with Gasteiger partial charge in [0.1, 0.15) is 6.10 Å². The lowest BCUT2D eigenvalue weighted by Gasteiger charge is -2.29. The number of ether oxygens (including phenoxy) is 1. The summed E-state index contributed by atoms with van der Waals surface area (Å²) in [5.41, 5.74) is 2.94. The number of allylic oxidation sites excluding steroid dienone is 2. The monoisotopic (exact) mass is 765 g/mol. The highest BCUT2D eigenvalue weighted by atomic mass is 32.2. The van der Waals surface area contributed by atoms with Crippen molar-refractivity contribution in [2.45, 2.75) is 94.4 Å². The first-order valence-corrected chi connectivity index (χ1v) is 21.6. The maximum absolute atomic E-state index is 14.8. The first kappa shape index (κ1) is 36.6. The summed E-state index contributed by atoms with van der Waals surface area (Å²) in [5, 5.41) is 0.487. The van der Waals surface area contributed by atoms with Crippen molar-refractivity contribution in [1.82, 2.24) is 14.6 Å². The molecule has 282 valence electrons. The summed E-state index contributed by atoms with van der Waals surface area (Å²) in [6.45, 7) is 1.87. The number of fused-ring (bicyclic) bond motifs is 3. The fourth-order valence-electron chi connectivity index (χ4n) is 8.21. The number of rotatable bonds is 8. The molecule has 8 rings (SSSR count). The molecule has 0 bridgehead atoms. The van der Waals surface area contributed by atoms with E-state index < -0.39 is 38.2 Å². The SMILES string of the molecule is CC1(S(=O)(=O)NC(=O)[C@]23CC(=O)[C@@H]4C[C@@H](Oc5nc6ccccc6s5)CN4C(=O)[C@@H](Cc4ccc(-c5ccccc5)cc4)CCCCC/C=C\[C@@H]2C3)CC1. The van der Waals surface area contributed by atoms with E-state index in [0.717, 1.165) is 52.6 Å². The molecule has 1 aromatic heterocycles. The van der Waals surface area contributed by atoms with Crippen molar-refractivity contribution >= 4 is 49.2 Å². The van der Waals surface area contributed by atoms with Crippen molar-refractivity contribution < 1.29 is 27.5 Å². The van der Waals surface area contributed by atoms with Crippen LogP contribution in [0.1, 0.15) is 76.7 Å². The second kappa shape index (κ2) is 14.7. The van der Waals surface area contributed by atoms with Crippen LogP contribution in [-0.4, -0.2) is 59.3 Å². The van der Waals surface area contributed by atoms with Crippen LogP contribution in [0.3, 0.4) is 0 Å². The lowest BCUT2D eigenvalue weighted by atomic mass is 9.89. The Kier molecular flexibility index (Phi) is 9.98. The van der Waals surface area contributed by atoms with Crippen LogP contribution in [-0.2, 0) is 30.8 Å². The number of thiazole rings is 1. The molecule has 4 aliphatic rings. The van der Waals surface area contributed by atoms with Crippen LogP contribution in [0.2, 0.25) is 0 Å². The number of amides is 2. The molecule has 54 heavy (non-hydrogen) atoms. The van der Waals surface area contributed by atoms with Crippen molar-refractivity contribution in [3.8, 4) is 16.3 Å². The topological polar surface area (TPSA) is 123 Å². The molecule has 11 heteroatoms. The van der Waals surface area contributed by atoms with Crippen molar-refractivity contribution in [3.63, 3.8) is 0 Å². The van der Waals surface area contributed by atoms with Crippen LogP contribution in [0.25, 0.3) is 21.3 Å². The van der Waals surface area contributed by atoms with E-state index in [2.05, 4.69) is 52.2 Å². The molecule has 2 aliphatic carbocycles. The molecule has 2 saturated carbocycles. The number of ketones is 1. The highest BCUT2D eigenvalue weighted by molar-refractivity contribution is 7.91. The van der Waals surface area contributed by atoms with Gasteiger partial charge in [-0.3, -0.25) is 19.1 Å². The standard InChI is InChI=1S/C43H47N3O6S2/c1-42(22-23-42)54(50,51)45-40(49)43-26-33(43)15-9-4-2-3-6-14-32(24-29-18-20-31(21-19-29)30-12-7-5-8-13-30)39(48)46-28-34(25-36(46)37(47)27-43)52-41-44-35-16-10-11-17-38(35)53-41/h5,7-13,15-21,32-34,36H,2-4,6,14,22-28H2,1H3,(H,45,49)/b15-9-/t32-,33-,34-,36+,43-/m1/s1. The molecule has 0 unspecified atom stereocenters. The summed E-state index contributed by atoms with van der Waals surface area (Å²) in [6.07, 6.45) is 9.91. The van der Waals surface area contributed by atoms with Crippen molar-refractivity contribution in [2.24, 2.45) is 17.3 Å². The Morgan fingerprint density at radius 2 is 1.70 bits per heavy atom. The molecule has 9 nitrogen and oxygen atoms in total. The van der Waals surface area contributed by atoms with Gasteiger partial charge in [0.15, 0.2) is 5.78 Å². The number of benzene rings is 3. The highest BCUT2D eigenvalue weighted by Gasteiger charge is 2.62. The lowest BCUT2D eigenvalue weighted by Crippen LogP contribution is -2.47. The summed E-state index contributed by atoms with van der Waals surface area (Å²) in [5.74, 6) is -1.53. The van der Waals surface area contributed by atoms with Gasteiger partial charge in [0.2, 0.25) is 21.8 Å². The van der Waals surface area contributed by atoms with Crippen molar-refractivity contribution in [1.29, 1.82) is 0 Å². The minimum absolute atomic E-state index is 0.0843. The Balaban J connectivity index is 1.08. The van der Waals surface area contributed by atoms with Gasteiger partial charge in [0.25, 0.3) is 5.19 Å². The zero-order valence-electron chi connectivity index (χ0n) is 30.6. The third kappa shape index (κ3) is 7.49. The summed E-state index contributed by atoms with van der Waals surface area (Å²) >= 11 is 1.43.